The Bertz CT molecular complexity index is 636. The Morgan fingerprint density at radius 1 is 1.25 bits per heavy atom. The number of rotatable bonds is 6. The Labute approximate surface area is 122 Å². The van der Waals surface area contributed by atoms with Crippen LogP contribution >= 0.6 is 11.3 Å². The van der Waals surface area contributed by atoms with E-state index in [1.807, 2.05) is 24.4 Å². The summed E-state index contributed by atoms with van der Waals surface area (Å²) in [6, 6.07) is 9.15. The molecule has 0 fully saturated rings. The first-order valence-corrected chi connectivity index (χ1v) is 8.84. The van der Waals surface area contributed by atoms with E-state index in [0.717, 1.165) is 10.4 Å². The summed E-state index contributed by atoms with van der Waals surface area (Å²) < 4.78 is 39.7. The van der Waals surface area contributed by atoms with Crippen molar-refractivity contribution in [2.24, 2.45) is 0 Å². The number of hydrogen-bond acceptors (Lipinski definition) is 3. The van der Waals surface area contributed by atoms with Crippen LogP contribution in [0.25, 0.3) is 0 Å². The third-order valence-electron chi connectivity index (χ3n) is 2.80. The molecule has 2 aromatic rings. The Kier molecular flexibility index (Phi) is 4.91. The zero-order chi connectivity index (χ0) is 14.6. The van der Waals surface area contributed by atoms with E-state index in [-0.39, 0.29) is 11.6 Å². The maximum Gasteiger partial charge on any atom is 0.212 e. The summed E-state index contributed by atoms with van der Waals surface area (Å²) in [4.78, 5) is 0.885. The highest BCUT2D eigenvalue weighted by atomic mass is 32.2. The zero-order valence-corrected chi connectivity index (χ0v) is 12.7. The van der Waals surface area contributed by atoms with Crippen LogP contribution in [0.2, 0.25) is 0 Å². The second-order valence-corrected chi connectivity index (χ2v) is 7.29. The van der Waals surface area contributed by atoms with Crippen molar-refractivity contribution in [3.8, 4) is 0 Å². The van der Waals surface area contributed by atoms with E-state index < -0.39 is 16.1 Å². The molecule has 1 heterocycles. The van der Waals surface area contributed by atoms with Crippen molar-refractivity contribution < 1.29 is 12.8 Å². The molecule has 1 N–H and O–H groups in total. The molecule has 0 aliphatic carbocycles. The molecule has 6 heteroatoms. The van der Waals surface area contributed by atoms with Gasteiger partial charge in [0.1, 0.15) is 5.82 Å². The molecule has 1 unspecified atom stereocenters. The quantitative estimate of drug-likeness (QED) is 0.889. The summed E-state index contributed by atoms with van der Waals surface area (Å²) in [5.41, 5.74) is 0.730. The van der Waals surface area contributed by atoms with Crippen LogP contribution in [0, 0.1) is 5.82 Å². The van der Waals surface area contributed by atoms with Crippen molar-refractivity contribution in [3.05, 3.63) is 58.0 Å². The predicted octanol–water partition coefficient (Wildman–Crippen LogP) is 3.31. The average molecular weight is 313 g/mol. The van der Waals surface area contributed by atoms with Crippen molar-refractivity contribution in [1.29, 1.82) is 0 Å². The zero-order valence-electron chi connectivity index (χ0n) is 11.0. The molecular formula is C14H16FNO2S2. The lowest BCUT2D eigenvalue weighted by Gasteiger charge is -2.18. The van der Waals surface area contributed by atoms with Crippen molar-refractivity contribution in [2.45, 2.75) is 19.4 Å². The molecule has 1 atom stereocenters. The van der Waals surface area contributed by atoms with Gasteiger partial charge in [-0.15, -0.1) is 11.3 Å². The van der Waals surface area contributed by atoms with Gasteiger partial charge >= 0.3 is 0 Å². The van der Waals surface area contributed by atoms with E-state index in [1.165, 1.54) is 23.5 Å². The molecule has 0 spiro atoms. The summed E-state index contributed by atoms with van der Waals surface area (Å²) in [6.45, 7) is 1.82. The fourth-order valence-corrected chi connectivity index (χ4v) is 4.06. The summed E-state index contributed by atoms with van der Waals surface area (Å²) in [7, 11) is -3.35. The van der Waals surface area contributed by atoms with Crippen molar-refractivity contribution in [1.82, 2.24) is 4.72 Å². The fraction of sp³-hybridized carbons (Fsp3) is 0.286. The molecule has 0 amide bonds. The van der Waals surface area contributed by atoms with Crippen LogP contribution in [-0.2, 0) is 10.0 Å². The molecule has 1 aromatic heterocycles. The van der Waals surface area contributed by atoms with Gasteiger partial charge in [0.15, 0.2) is 0 Å². The van der Waals surface area contributed by atoms with Crippen LogP contribution < -0.4 is 4.72 Å². The van der Waals surface area contributed by atoms with E-state index in [0.29, 0.717) is 6.42 Å². The Balaban J connectivity index is 2.33. The lowest BCUT2D eigenvalue weighted by Crippen LogP contribution is -2.30. The Hall–Kier alpha value is -1.24. The minimum Gasteiger partial charge on any atom is -0.212 e. The predicted molar refractivity (Wildman–Crippen MR) is 79.8 cm³/mol. The molecule has 0 aliphatic heterocycles. The summed E-state index contributed by atoms with van der Waals surface area (Å²) in [5, 5.41) is 1.89. The van der Waals surface area contributed by atoms with Crippen LogP contribution in [0.4, 0.5) is 4.39 Å². The topological polar surface area (TPSA) is 46.2 Å². The SMILES string of the molecule is CCCS(=O)(=O)NC(c1ccc(F)cc1)c1cccs1. The normalized spacial score (nSPS) is 13.3. The van der Waals surface area contributed by atoms with Gasteiger partial charge in [0.25, 0.3) is 0 Å². The van der Waals surface area contributed by atoms with Gasteiger partial charge in [0.05, 0.1) is 11.8 Å². The average Bonchev–Trinajstić information content (AvgIpc) is 2.91. The molecule has 0 bridgehead atoms. The second-order valence-electron chi connectivity index (χ2n) is 4.44. The summed E-state index contributed by atoms with van der Waals surface area (Å²) in [5.74, 6) is -0.258. The molecule has 0 saturated heterocycles. The molecule has 0 radical (unpaired) electrons. The van der Waals surface area contributed by atoms with Crippen LogP contribution in [-0.4, -0.2) is 14.2 Å². The maximum absolute atomic E-state index is 13.0. The molecule has 1 aromatic carbocycles. The first kappa shape index (κ1) is 15.2. The molecule has 0 saturated carbocycles. The van der Waals surface area contributed by atoms with Gasteiger partial charge in [-0.3, -0.25) is 0 Å². The van der Waals surface area contributed by atoms with E-state index in [4.69, 9.17) is 0 Å². The third kappa shape index (κ3) is 3.88. The molecule has 2 rings (SSSR count). The van der Waals surface area contributed by atoms with Gasteiger partial charge in [-0.2, -0.15) is 0 Å². The Morgan fingerprint density at radius 2 is 1.95 bits per heavy atom. The number of benzene rings is 1. The van der Waals surface area contributed by atoms with Crippen LogP contribution in [0.1, 0.15) is 29.8 Å². The maximum atomic E-state index is 13.0. The minimum atomic E-state index is -3.35. The van der Waals surface area contributed by atoms with Gasteiger partial charge in [-0.05, 0) is 35.6 Å². The van der Waals surface area contributed by atoms with Gasteiger partial charge in [-0.1, -0.05) is 25.1 Å². The molecule has 3 nitrogen and oxygen atoms in total. The van der Waals surface area contributed by atoms with Gasteiger partial charge in [0.2, 0.25) is 10.0 Å². The van der Waals surface area contributed by atoms with Gasteiger partial charge < -0.3 is 0 Å². The van der Waals surface area contributed by atoms with Crippen LogP contribution in [0.15, 0.2) is 41.8 Å². The van der Waals surface area contributed by atoms with E-state index >= 15 is 0 Å². The molecular weight excluding hydrogens is 297 g/mol. The smallest absolute Gasteiger partial charge is 0.212 e. The minimum absolute atomic E-state index is 0.0794. The standard InChI is InChI=1S/C14H16FNO2S2/c1-2-10-20(17,18)16-14(13-4-3-9-19-13)11-5-7-12(15)8-6-11/h3-9,14,16H,2,10H2,1H3. The lowest BCUT2D eigenvalue weighted by atomic mass is 10.1. The van der Waals surface area contributed by atoms with Crippen LogP contribution in [0.3, 0.4) is 0 Å². The highest BCUT2D eigenvalue weighted by Gasteiger charge is 2.21. The van der Waals surface area contributed by atoms with E-state index in [9.17, 15) is 12.8 Å². The van der Waals surface area contributed by atoms with Gasteiger partial charge in [-0.25, -0.2) is 17.5 Å². The molecule has 0 aliphatic rings. The van der Waals surface area contributed by atoms with Crippen molar-refractivity contribution >= 4 is 21.4 Å². The molecule has 108 valence electrons. The monoisotopic (exact) mass is 313 g/mol. The summed E-state index contributed by atoms with van der Waals surface area (Å²) >= 11 is 1.47. The van der Waals surface area contributed by atoms with Crippen LogP contribution in [0.5, 0.6) is 0 Å². The first-order chi connectivity index (χ1) is 9.52. The highest BCUT2D eigenvalue weighted by molar-refractivity contribution is 7.89. The number of sulfonamides is 1. The highest BCUT2D eigenvalue weighted by Crippen LogP contribution is 2.27. The first-order valence-electron chi connectivity index (χ1n) is 6.30. The second kappa shape index (κ2) is 6.47. The molecule has 20 heavy (non-hydrogen) atoms. The van der Waals surface area contributed by atoms with Gasteiger partial charge in [0, 0.05) is 4.88 Å². The number of halogens is 1. The Morgan fingerprint density at radius 3 is 2.50 bits per heavy atom. The van der Waals surface area contributed by atoms with E-state index in [1.54, 1.807) is 12.1 Å². The third-order valence-corrected chi connectivity index (χ3v) is 5.28. The van der Waals surface area contributed by atoms with Crippen molar-refractivity contribution in [3.63, 3.8) is 0 Å². The number of thiophene rings is 1. The van der Waals surface area contributed by atoms with Crippen molar-refractivity contribution in [2.75, 3.05) is 5.75 Å². The largest absolute Gasteiger partial charge is 0.212 e. The number of nitrogens with one attached hydrogen (secondary N) is 1. The number of hydrogen-bond donors (Lipinski definition) is 1. The van der Waals surface area contributed by atoms with E-state index in [2.05, 4.69) is 4.72 Å². The fourth-order valence-electron chi connectivity index (χ4n) is 1.91. The summed E-state index contributed by atoms with van der Waals surface area (Å²) in [6.07, 6.45) is 0.551. The lowest BCUT2D eigenvalue weighted by molar-refractivity contribution is 0.571.